The predicted octanol–water partition coefficient (Wildman–Crippen LogP) is 4.19. The van der Waals surface area contributed by atoms with Gasteiger partial charge in [0.25, 0.3) is 0 Å². The van der Waals surface area contributed by atoms with Gasteiger partial charge in [-0.2, -0.15) is 0 Å². The molecule has 1 unspecified atom stereocenters. The second-order valence-electron chi connectivity index (χ2n) is 4.27. The van der Waals surface area contributed by atoms with Crippen LogP contribution in [0.1, 0.15) is 25.8 Å². The van der Waals surface area contributed by atoms with Gasteiger partial charge in [-0.05, 0) is 36.5 Å². The van der Waals surface area contributed by atoms with Crippen LogP contribution in [0.5, 0.6) is 5.75 Å². The number of ether oxygens (including phenoxy) is 1. The van der Waals surface area contributed by atoms with Crippen LogP contribution in [0.4, 0.5) is 4.39 Å². The molecule has 1 aromatic rings. The Morgan fingerprint density at radius 3 is 2.56 bits per heavy atom. The zero-order valence-electron chi connectivity index (χ0n) is 9.97. The lowest BCUT2D eigenvalue weighted by Gasteiger charge is -2.13. The van der Waals surface area contributed by atoms with E-state index in [1.165, 1.54) is 7.11 Å². The Hall–Kier alpha value is -0.570. The Morgan fingerprint density at radius 2 is 2.06 bits per heavy atom. The number of hydrogen-bond donors (Lipinski definition) is 0. The van der Waals surface area contributed by atoms with Gasteiger partial charge in [0.2, 0.25) is 0 Å². The van der Waals surface area contributed by atoms with Gasteiger partial charge in [-0.1, -0.05) is 35.8 Å². The van der Waals surface area contributed by atoms with Crippen molar-refractivity contribution in [3.05, 3.63) is 29.6 Å². The van der Waals surface area contributed by atoms with E-state index < -0.39 is 0 Å². The second-order valence-corrected chi connectivity index (χ2v) is 5.44. The smallest absolute Gasteiger partial charge is 0.165 e. The van der Waals surface area contributed by atoms with E-state index in [4.69, 9.17) is 4.74 Å². The van der Waals surface area contributed by atoms with Crippen LogP contribution in [-0.2, 0) is 6.42 Å². The van der Waals surface area contributed by atoms with Crippen molar-refractivity contribution in [3.63, 3.8) is 0 Å². The average Bonchev–Trinajstić information content (AvgIpc) is 2.25. The summed E-state index contributed by atoms with van der Waals surface area (Å²) in [5, 5.41) is 0. The van der Waals surface area contributed by atoms with Crippen molar-refractivity contribution in [3.8, 4) is 5.75 Å². The first-order valence-electron chi connectivity index (χ1n) is 5.51. The lowest BCUT2D eigenvalue weighted by molar-refractivity contribution is 0.386. The van der Waals surface area contributed by atoms with Crippen molar-refractivity contribution in [2.75, 3.05) is 7.11 Å². The molecule has 0 saturated carbocycles. The van der Waals surface area contributed by atoms with Gasteiger partial charge < -0.3 is 4.74 Å². The van der Waals surface area contributed by atoms with E-state index in [9.17, 15) is 4.39 Å². The highest BCUT2D eigenvalue weighted by molar-refractivity contribution is 9.09. The Balaban J connectivity index is 2.58. The van der Waals surface area contributed by atoms with Gasteiger partial charge in [0, 0.05) is 4.83 Å². The van der Waals surface area contributed by atoms with Crippen molar-refractivity contribution in [1.29, 1.82) is 0 Å². The first-order valence-corrected chi connectivity index (χ1v) is 6.42. The number of rotatable bonds is 5. The molecule has 0 bridgehead atoms. The van der Waals surface area contributed by atoms with Gasteiger partial charge in [-0.15, -0.1) is 0 Å². The molecule has 0 amide bonds. The molecule has 0 aliphatic heterocycles. The predicted molar refractivity (Wildman–Crippen MR) is 68.8 cm³/mol. The molecular weight excluding hydrogens is 271 g/mol. The molecule has 16 heavy (non-hydrogen) atoms. The minimum atomic E-state index is -0.282. The summed E-state index contributed by atoms with van der Waals surface area (Å²) >= 11 is 3.63. The minimum Gasteiger partial charge on any atom is -0.494 e. The fourth-order valence-corrected chi connectivity index (χ4v) is 1.73. The van der Waals surface area contributed by atoms with Crippen LogP contribution in [0.15, 0.2) is 18.2 Å². The maximum Gasteiger partial charge on any atom is 0.165 e. The number of benzene rings is 1. The first-order chi connectivity index (χ1) is 7.54. The average molecular weight is 289 g/mol. The highest BCUT2D eigenvalue weighted by Crippen LogP contribution is 2.22. The van der Waals surface area contributed by atoms with E-state index in [-0.39, 0.29) is 5.82 Å². The maximum absolute atomic E-state index is 13.4. The summed E-state index contributed by atoms with van der Waals surface area (Å²) < 4.78 is 18.3. The van der Waals surface area contributed by atoms with Crippen LogP contribution in [0, 0.1) is 11.7 Å². The highest BCUT2D eigenvalue weighted by Gasteiger charge is 2.10. The van der Waals surface area contributed by atoms with Gasteiger partial charge in [0.05, 0.1) is 7.11 Å². The lowest BCUT2D eigenvalue weighted by Crippen LogP contribution is -2.08. The van der Waals surface area contributed by atoms with Crippen molar-refractivity contribution in [2.24, 2.45) is 5.92 Å². The molecule has 90 valence electrons. The summed E-state index contributed by atoms with van der Waals surface area (Å²) in [6.07, 6.45) is 1.90. The molecule has 3 heteroatoms. The SMILES string of the molecule is COc1ccc(CCC(Br)C(C)C)cc1F. The Morgan fingerprint density at radius 1 is 1.38 bits per heavy atom. The molecule has 0 aliphatic rings. The summed E-state index contributed by atoms with van der Waals surface area (Å²) in [5.74, 6) is 0.627. The Labute approximate surface area is 105 Å². The number of methoxy groups -OCH3 is 1. The lowest BCUT2D eigenvalue weighted by atomic mass is 10.0. The Kier molecular flexibility index (Phi) is 5.26. The van der Waals surface area contributed by atoms with Crippen LogP contribution < -0.4 is 4.74 Å². The third-order valence-electron chi connectivity index (χ3n) is 2.65. The summed E-state index contributed by atoms with van der Waals surface area (Å²) in [6, 6.07) is 5.16. The van der Waals surface area contributed by atoms with Crippen molar-refractivity contribution in [2.45, 2.75) is 31.5 Å². The fraction of sp³-hybridized carbons (Fsp3) is 0.538. The largest absolute Gasteiger partial charge is 0.494 e. The Bertz CT molecular complexity index is 339. The van der Waals surface area contributed by atoms with Crippen LogP contribution in [0.2, 0.25) is 0 Å². The summed E-state index contributed by atoms with van der Waals surface area (Å²) in [5.41, 5.74) is 1.02. The monoisotopic (exact) mass is 288 g/mol. The van der Waals surface area contributed by atoms with Gasteiger partial charge in [-0.3, -0.25) is 0 Å². The molecule has 0 radical (unpaired) electrons. The third-order valence-corrected chi connectivity index (χ3v) is 4.16. The molecule has 0 aromatic heterocycles. The normalized spacial score (nSPS) is 12.9. The molecule has 0 fully saturated rings. The first kappa shape index (κ1) is 13.5. The van der Waals surface area contributed by atoms with Crippen LogP contribution in [0.25, 0.3) is 0 Å². The van der Waals surface area contributed by atoms with Crippen molar-refractivity contribution >= 4 is 15.9 Å². The molecule has 1 nitrogen and oxygen atoms in total. The number of halogens is 2. The summed E-state index contributed by atoms with van der Waals surface area (Å²) in [4.78, 5) is 0.484. The highest BCUT2D eigenvalue weighted by atomic mass is 79.9. The zero-order chi connectivity index (χ0) is 12.1. The molecule has 1 atom stereocenters. The van der Waals surface area contributed by atoms with Gasteiger partial charge >= 0.3 is 0 Å². The van der Waals surface area contributed by atoms with E-state index in [0.717, 1.165) is 18.4 Å². The molecule has 0 N–H and O–H groups in total. The topological polar surface area (TPSA) is 9.23 Å². The standard InChI is InChI=1S/C13H18BrFO/c1-9(2)11(14)6-4-10-5-7-13(16-3)12(15)8-10/h5,7-9,11H,4,6H2,1-3H3. The zero-order valence-corrected chi connectivity index (χ0v) is 11.6. The van der Waals surface area contributed by atoms with Crippen molar-refractivity contribution < 1.29 is 9.13 Å². The molecule has 0 spiro atoms. The fourth-order valence-electron chi connectivity index (χ4n) is 1.50. The van der Waals surface area contributed by atoms with E-state index in [2.05, 4.69) is 29.8 Å². The molecule has 1 aromatic carbocycles. The van der Waals surface area contributed by atoms with Crippen LogP contribution in [-0.4, -0.2) is 11.9 Å². The summed E-state index contributed by atoms with van der Waals surface area (Å²) in [6.45, 7) is 4.35. The van der Waals surface area contributed by atoms with E-state index in [1.807, 2.05) is 6.07 Å². The minimum absolute atomic E-state index is 0.282. The summed E-state index contributed by atoms with van der Waals surface area (Å²) in [7, 11) is 1.48. The number of hydrogen-bond acceptors (Lipinski definition) is 1. The quantitative estimate of drug-likeness (QED) is 0.739. The maximum atomic E-state index is 13.4. The third kappa shape index (κ3) is 3.78. The van der Waals surface area contributed by atoms with E-state index in [0.29, 0.717) is 16.5 Å². The number of alkyl halides is 1. The van der Waals surface area contributed by atoms with Crippen LogP contribution in [0.3, 0.4) is 0 Å². The van der Waals surface area contributed by atoms with Gasteiger partial charge in [0.15, 0.2) is 11.6 Å². The van der Waals surface area contributed by atoms with Crippen molar-refractivity contribution in [1.82, 2.24) is 0 Å². The van der Waals surface area contributed by atoms with Gasteiger partial charge in [-0.25, -0.2) is 4.39 Å². The second kappa shape index (κ2) is 6.24. The van der Waals surface area contributed by atoms with E-state index >= 15 is 0 Å². The van der Waals surface area contributed by atoms with Gasteiger partial charge in [0.1, 0.15) is 0 Å². The number of aryl methyl sites for hydroxylation is 1. The molecular formula is C13H18BrFO. The molecule has 1 rings (SSSR count). The molecule has 0 saturated heterocycles. The van der Waals surface area contributed by atoms with Crippen LogP contribution >= 0.6 is 15.9 Å². The van der Waals surface area contributed by atoms with E-state index in [1.54, 1.807) is 12.1 Å². The molecule has 0 heterocycles. The molecule has 0 aliphatic carbocycles.